The van der Waals surface area contributed by atoms with E-state index in [1.165, 1.54) is 12.1 Å². The molecule has 0 aliphatic heterocycles. The maximum atomic E-state index is 4.11. The van der Waals surface area contributed by atoms with Crippen LogP contribution in [0.1, 0.15) is 27.2 Å². The molecule has 2 atom stereocenters. The molecular weight excluding hydrogens is 134 g/mol. The average Bonchev–Trinajstić information content (AvgIpc) is 2.63. The van der Waals surface area contributed by atoms with Crippen LogP contribution in [0.5, 0.6) is 0 Å². The molecule has 0 spiro atoms. The first kappa shape index (κ1) is 8.63. The van der Waals surface area contributed by atoms with Crippen LogP contribution in [-0.2, 0) is 0 Å². The molecule has 1 aliphatic rings. The Hall–Kier alpha value is -0.460. The van der Waals surface area contributed by atoms with Gasteiger partial charge < -0.3 is 4.90 Å². The number of allylic oxidation sites excluding steroid dienone is 1. The lowest BCUT2D eigenvalue weighted by molar-refractivity contribution is 0.325. The van der Waals surface area contributed by atoms with Crippen molar-refractivity contribution in [2.45, 2.75) is 33.2 Å². The molecular formula is C10H19N. The molecule has 0 heterocycles. The van der Waals surface area contributed by atoms with Gasteiger partial charge in [-0.1, -0.05) is 13.5 Å². The molecule has 0 aromatic carbocycles. The molecule has 1 heteroatoms. The molecule has 0 saturated heterocycles. The fraction of sp³-hybridized carbons (Fsp3) is 0.800. The van der Waals surface area contributed by atoms with Crippen LogP contribution in [0.3, 0.4) is 0 Å². The Morgan fingerprint density at radius 1 is 1.55 bits per heavy atom. The summed E-state index contributed by atoms with van der Waals surface area (Å²) in [6.07, 6.45) is 1.34. The maximum absolute atomic E-state index is 4.11. The zero-order valence-corrected chi connectivity index (χ0v) is 8.09. The van der Waals surface area contributed by atoms with Crippen molar-refractivity contribution in [3.8, 4) is 0 Å². The van der Waals surface area contributed by atoms with Crippen LogP contribution in [0.15, 0.2) is 12.3 Å². The summed E-state index contributed by atoms with van der Waals surface area (Å²) in [5, 5.41) is 0. The van der Waals surface area contributed by atoms with Gasteiger partial charge in [-0.2, -0.15) is 0 Å². The highest BCUT2D eigenvalue weighted by Gasteiger charge is 2.36. The lowest BCUT2D eigenvalue weighted by atomic mass is 10.2. The van der Waals surface area contributed by atoms with Gasteiger partial charge in [0.15, 0.2) is 0 Å². The molecule has 1 aliphatic carbocycles. The number of rotatable bonds is 3. The van der Waals surface area contributed by atoms with Gasteiger partial charge >= 0.3 is 0 Å². The third kappa shape index (κ3) is 1.76. The summed E-state index contributed by atoms with van der Waals surface area (Å²) >= 11 is 0. The quantitative estimate of drug-likeness (QED) is 0.602. The van der Waals surface area contributed by atoms with Crippen molar-refractivity contribution in [2.75, 3.05) is 7.05 Å². The summed E-state index contributed by atoms with van der Waals surface area (Å²) in [6.45, 7) is 10.8. The van der Waals surface area contributed by atoms with Gasteiger partial charge in [0.2, 0.25) is 0 Å². The van der Waals surface area contributed by atoms with E-state index in [9.17, 15) is 0 Å². The second-order valence-electron chi connectivity index (χ2n) is 4.02. The van der Waals surface area contributed by atoms with Crippen LogP contribution in [0.25, 0.3) is 0 Å². The largest absolute Gasteiger partial charge is 0.376 e. The van der Waals surface area contributed by atoms with Crippen LogP contribution >= 0.6 is 0 Å². The summed E-state index contributed by atoms with van der Waals surface area (Å²) in [4.78, 5) is 2.29. The Kier molecular flexibility index (Phi) is 2.26. The van der Waals surface area contributed by atoms with Gasteiger partial charge in [0.1, 0.15) is 0 Å². The predicted molar refractivity (Wildman–Crippen MR) is 49.3 cm³/mol. The molecule has 0 aromatic heterocycles. The second-order valence-corrected chi connectivity index (χ2v) is 4.02. The van der Waals surface area contributed by atoms with Crippen molar-refractivity contribution < 1.29 is 0 Å². The van der Waals surface area contributed by atoms with Crippen LogP contribution in [0.2, 0.25) is 0 Å². The highest BCUT2D eigenvalue weighted by atomic mass is 15.1. The first-order valence-electron chi connectivity index (χ1n) is 4.45. The van der Waals surface area contributed by atoms with Crippen LogP contribution in [0, 0.1) is 11.8 Å². The summed E-state index contributed by atoms with van der Waals surface area (Å²) in [5.74, 6) is 1.66. The van der Waals surface area contributed by atoms with Gasteiger partial charge in [-0.05, 0) is 26.2 Å². The number of hydrogen-bond donors (Lipinski definition) is 0. The van der Waals surface area contributed by atoms with Crippen molar-refractivity contribution in [2.24, 2.45) is 11.8 Å². The summed E-state index contributed by atoms with van der Waals surface area (Å²) in [7, 11) is 2.14. The lowest BCUT2D eigenvalue weighted by Gasteiger charge is -2.26. The standard InChI is InChI=1S/C10H19N/c1-7(2)11(5)9(4)10-6-8(10)3/h7-8,10H,4,6H2,1-3,5H3. The third-order valence-corrected chi connectivity index (χ3v) is 2.77. The topological polar surface area (TPSA) is 3.24 Å². The van der Waals surface area contributed by atoms with E-state index in [2.05, 4.69) is 39.3 Å². The van der Waals surface area contributed by atoms with Crippen LogP contribution in [0.4, 0.5) is 0 Å². The van der Waals surface area contributed by atoms with E-state index in [0.29, 0.717) is 6.04 Å². The van der Waals surface area contributed by atoms with E-state index < -0.39 is 0 Å². The average molecular weight is 153 g/mol. The van der Waals surface area contributed by atoms with Crippen molar-refractivity contribution in [3.63, 3.8) is 0 Å². The Labute approximate surface area is 70.1 Å². The highest BCUT2D eigenvalue weighted by Crippen LogP contribution is 2.43. The van der Waals surface area contributed by atoms with Crippen molar-refractivity contribution in [3.05, 3.63) is 12.3 Å². The molecule has 1 fully saturated rings. The summed E-state index contributed by atoms with van der Waals surface area (Å²) in [5.41, 5.74) is 1.33. The summed E-state index contributed by atoms with van der Waals surface area (Å²) < 4.78 is 0. The first-order chi connectivity index (χ1) is 5.04. The molecule has 1 rings (SSSR count). The predicted octanol–water partition coefficient (Wildman–Crippen LogP) is 2.50. The highest BCUT2D eigenvalue weighted by molar-refractivity contribution is 5.09. The van der Waals surface area contributed by atoms with Crippen molar-refractivity contribution >= 4 is 0 Å². The Morgan fingerprint density at radius 2 is 2.00 bits per heavy atom. The molecule has 11 heavy (non-hydrogen) atoms. The first-order valence-corrected chi connectivity index (χ1v) is 4.45. The van der Waals surface area contributed by atoms with Gasteiger partial charge in [0.05, 0.1) is 0 Å². The van der Waals surface area contributed by atoms with Gasteiger partial charge in [-0.15, -0.1) is 0 Å². The maximum Gasteiger partial charge on any atom is 0.0227 e. The Morgan fingerprint density at radius 3 is 2.27 bits per heavy atom. The van der Waals surface area contributed by atoms with E-state index in [-0.39, 0.29) is 0 Å². The molecule has 0 amide bonds. The van der Waals surface area contributed by atoms with Crippen molar-refractivity contribution in [1.82, 2.24) is 4.90 Å². The van der Waals surface area contributed by atoms with E-state index in [1.54, 1.807) is 0 Å². The smallest absolute Gasteiger partial charge is 0.0227 e. The number of nitrogens with zero attached hydrogens (tertiary/aromatic N) is 1. The fourth-order valence-electron chi connectivity index (χ4n) is 1.38. The fourth-order valence-corrected chi connectivity index (χ4v) is 1.38. The van der Waals surface area contributed by atoms with Crippen molar-refractivity contribution in [1.29, 1.82) is 0 Å². The Bertz CT molecular complexity index is 160. The van der Waals surface area contributed by atoms with E-state index >= 15 is 0 Å². The molecule has 0 aromatic rings. The molecule has 2 unspecified atom stereocenters. The van der Waals surface area contributed by atoms with Crippen LogP contribution in [-0.4, -0.2) is 18.0 Å². The minimum absolute atomic E-state index is 0.593. The molecule has 1 saturated carbocycles. The minimum atomic E-state index is 0.593. The van der Waals surface area contributed by atoms with Gasteiger partial charge in [-0.25, -0.2) is 0 Å². The van der Waals surface area contributed by atoms with E-state index in [1.807, 2.05) is 0 Å². The molecule has 64 valence electrons. The molecule has 0 bridgehead atoms. The third-order valence-electron chi connectivity index (χ3n) is 2.77. The molecule has 1 nitrogen and oxygen atoms in total. The SMILES string of the molecule is C=C(C1CC1C)N(C)C(C)C. The van der Waals surface area contributed by atoms with Crippen LogP contribution < -0.4 is 0 Å². The monoisotopic (exact) mass is 153 g/mol. The van der Waals surface area contributed by atoms with Gasteiger partial charge in [0, 0.05) is 24.7 Å². The zero-order chi connectivity index (χ0) is 8.59. The molecule has 0 N–H and O–H groups in total. The van der Waals surface area contributed by atoms with Gasteiger partial charge in [-0.3, -0.25) is 0 Å². The minimum Gasteiger partial charge on any atom is -0.376 e. The number of hydrogen-bond acceptors (Lipinski definition) is 1. The molecule has 0 radical (unpaired) electrons. The Balaban J connectivity index is 2.42. The zero-order valence-electron chi connectivity index (χ0n) is 8.09. The normalized spacial score (nSPS) is 28.8. The second kappa shape index (κ2) is 2.88. The van der Waals surface area contributed by atoms with E-state index in [4.69, 9.17) is 0 Å². The van der Waals surface area contributed by atoms with E-state index in [0.717, 1.165) is 11.8 Å². The summed E-state index contributed by atoms with van der Waals surface area (Å²) in [6, 6.07) is 0.593. The van der Waals surface area contributed by atoms with Gasteiger partial charge in [0.25, 0.3) is 0 Å². The lowest BCUT2D eigenvalue weighted by Crippen LogP contribution is -2.26.